The summed E-state index contributed by atoms with van der Waals surface area (Å²) in [4.78, 5) is 24.8. The predicted octanol–water partition coefficient (Wildman–Crippen LogP) is 7.87. The molecule has 0 heterocycles. The van der Waals surface area contributed by atoms with Gasteiger partial charge in [0, 0.05) is 22.5 Å². The molecule has 0 fully saturated rings. The van der Waals surface area contributed by atoms with Crippen LogP contribution in [0, 0.1) is 45.3 Å². The van der Waals surface area contributed by atoms with Gasteiger partial charge >= 0.3 is 11.9 Å². The Bertz CT molecular complexity index is 2060. The largest absolute Gasteiger partial charge is 0.423 e. The average Bonchev–Trinajstić information content (AvgIpc) is 3.17. The van der Waals surface area contributed by atoms with Crippen molar-refractivity contribution in [1.82, 2.24) is 0 Å². The molecule has 0 saturated heterocycles. The second kappa shape index (κ2) is 16.1. The Balaban J connectivity index is 1.34. The standard InChI is InChI=1S/C40H24N6O4/c41-23-31(24-42)37(45-33-15-19-35(20-16-33)49-39(47)29-7-3-1-4-8-29)27-11-13-28(14-12-27)38(32(25-43)26-44)46-34-17-21-36(22-18-34)50-40(48)30-9-5-2-6-10-30/h1-22,45-46H. The minimum atomic E-state index is -0.511. The predicted molar refractivity (Wildman–Crippen MR) is 186 cm³/mol. The van der Waals surface area contributed by atoms with Gasteiger partial charge in [-0.15, -0.1) is 0 Å². The minimum absolute atomic E-state index is 0.186. The number of nitrogens with one attached hydrogen (secondary N) is 2. The fourth-order valence-electron chi connectivity index (χ4n) is 4.62. The van der Waals surface area contributed by atoms with E-state index in [9.17, 15) is 30.6 Å². The van der Waals surface area contributed by atoms with Crippen LogP contribution in [0.25, 0.3) is 11.4 Å². The number of ether oxygens (including phenoxy) is 2. The second-order valence-electron chi connectivity index (χ2n) is 10.3. The monoisotopic (exact) mass is 652 g/mol. The lowest BCUT2D eigenvalue weighted by Crippen LogP contribution is -2.08. The van der Waals surface area contributed by atoms with E-state index >= 15 is 0 Å². The molecule has 10 heteroatoms. The summed E-state index contributed by atoms with van der Waals surface area (Å²) in [6, 6.07) is 44.2. The van der Waals surface area contributed by atoms with Gasteiger partial charge in [0.05, 0.1) is 22.5 Å². The molecule has 50 heavy (non-hydrogen) atoms. The summed E-state index contributed by atoms with van der Waals surface area (Å²) in [6.07, 6.45) is 0. The molecule has 0 radical (unpaired) electrons. The molecule has 5 aromatic carbocycles. The van der Waals surface area contributed by atoms with Crippen LogP contribution >= 0.6 is 0 Å². The van der Waals surface area contributed by atoms with Crippen molar-refractivity contribution in [3.8, 4) is 35.8 Å². The van der Waals surface area contributed by atoms with Crippen molar-refractivity contribution in [2.45, 2.75) is 0 Å². The van der Waals surface area contributed by atoms with Crippen LogP contribution in [0.5, 0.6) is 11.5 Å². The van der Waals surface area contributed by atoms with E-state index in [4.69, 9.17) is 9.47 Å². The highest BCUT2D eigenvalue weighted by Gasteiger charge is 2.15. The van der Waals surface area contributed by atoms with E-state index < -0.39 is 11.9 Å². The Morgan fingerprint density at radius 2 is 0.740 bits per heavy atom. The summed E-state index contributed by atoms with van der Waals surface area (Å²) in [5, 5.41) is 45.0. The first-order valence-corrected chi connectivity index (χ1v) is 14.9. The summed E-state index contributed by atoms with van der Waals surface area (Å²) in [6.45, 7) is 0. The Morgan fingerprint density at radius 1 is 0.420 bits per heavy atom. The number of nitrogens with zero attached hydrogens (tertiary/aromatic N) is 4. The van der Waals surface area contributed by atoms with Gasteiger partial charge in [0.15, 0.2) is 11.1 Å². The Hall–Kier alpha value is -7.92. The van der Waals surface area contributed by atoms with Gasteiger partial charge in [-0.25, -0.2) is 9.59 Å². The third kappa shape index (κ3) is 8.26. The lowest BCUT2D eigenvalue weighted by Gasteiger charge is -2.15. The lowest BCUT2D eigenvalue weighted by molar-refractivity contribution is 0.0725. The molecule has 0 spiro atoms. The molecule has 0 unspecified atom stereocenters. The first kappa shape index (κ1) is 33.4. The van der Waals surface area contributed by atoms with Gasteiger partial charge in [-0.2, -0.15) is 21.0 Å². The average molecular weight is 653 g/mol. The van der Waals surface area contributed by atoms with Crippen LogP contribution in [0.15, 0.2) is 145 Å². The van der Waals surface area contributed by atoms with Crippen molar-refractivity contribution >= 4 is 34.7 Å². The molecule has 0 aliphatic heterocycles. The quantitative estimate of drug-likeness (QED) is 0.0859. The molecular formula is C40H24N6O4. The van der Waals surface area contributed by atoms with Crippen molar-refractivity contribution in [1.29, 1.82) is 21.0 Å². The maximum Gasteiger partial charge on any atom is 0.343 e. The summed E-state index contributed by atoms with van der Waals surface area (Å²) in [7, 11) is 0. The van der Waals surface area contributed by atoms with E-state index in [0.29, 0.717) is 45.1 Å². The Kier molecular flexibility index (Phi) is 10.7. The molecule has 0 aromatic heterocycles. The molecule has 5 aromatic rings. The smallest absolute Gasteiger partial charge is 0.343 e. The summed E-state index contributed by atoms with van der Waals surface area (Å²) in [5.41, 5.74) is 2.86. The van der Waals surface area contributed by atoms with E-state index in [-0.39, 0.29) is 22.5 Å². The van der Waals surface area contributed by atoms with Crippen molar-refractivity contribution in [3.63, 3.8) is 0 Å². The topological polar surface area (TPSA) is 172 Å². The number of hydrogen-bond acceptors (Lipinski definition) is 10. The third-order valence-corrected chi connectivity index (χ3v) is 7.10. The molecule has 10 nitrogen and oxygen atoms in total. The van der Waals surface area contributed by atoms with Crippen LogP contribution in [0.2, 0.25) is 0 Å². The molecule has 0 bridgehead atoms. The fraction of sp³-hybridized carbons (Fsp3) is 0. The van der Waals surface area contributed by atoms with Crippen molar-refractivity contribution in [2.75, 3.05) is 10.6 Å². The number of benzene rings is 5. The van der Waals surface area contributed by atoms with E-state index in [2.05, 4.69) is 10.6 Å². The van der Waals surface area contributed by atoms with Gasteiger partial charge in [-0.1, -0.05) is 60.7 Å². The SMILES string of the molecule is N#CC(C#N)=C(Nc1ccc(OC(=O)c2ccccc2)cc1)c1ccc(C(Nc2ccc(OC(=O)c3ccccc3)cc2)=C(C#N)C#N)cc1. The van der Waals surface area contributed by atoms with Gasteiger partial charge in [-0.3, -0.25) is 0 Å². The van der Waals surface area contributed by atoms with Crippen LogP contribution in [-0.4, -0.2) is 11.9 Å². The van der Waals surface area contributed by atoms with Crippen molar-refractivity contribution in [3.05, 3.63) is 167 Å². The number of esters is 2. The molecule has 0 atom stereocenters. The normalized spacial score (nSPS) is 9.68. The number of carbonyl (C=O) groups excluding carboxylic acids is 2. The van der Waals surface area contributed by atoms with E-state index in [1.165, 1.54) is 0 Å². The van der Waals surface area contributed by atoms with Gasteiger partial charge in [-0.05, 0) is 72.8 Å². The van der Waals surface area contributed by atoms with Crippen LogP contribution < -0.4 is 20.1 Å². The Labute approximate surface area is 287 Å². The van der Waals surface area contributed by atoms with Gasteiger partial charge < -0.3 is 20.1 Å². The van der Waals surface area contributed by atoms with E-state index in [0.717, 1.165) is 0 Å². The Morgan fingerprint density at radius 3 is 1.04 bits per heavy atom. The maximum atomic E-state index is 12.4. The molecular weight excluding hydrogens is 628 g/mol. The number of carbonyl (C=O) groups is 2. The first-order valence-electron chi connectivity index (χ1n) is 14.9. The fourth-order valence-corrected chi connectivity index (χ4v) is 4.62. The summed E-state index contributed by atoms with van der Waals surface area (Å²) < 4.78 is 10.9. The van der Waals surface area contributed by atoms with Crippen molar-refractivity contribution in [2.24, 2.45) is 0 Å². The maximum absolute atomic E-state index is 12.4. The van der Waals surface area contributed by atoms with E-state index in [1.807, 2.05) is 24.3 Å². The molecule has 238 valence electrons. The lowest BCUT2D eigenvalue weighted by atomic mass is 10.0. The molecule has 0 saturated carbocycles. The molecule has 0 aliphatic carbocycles. The summed E-state index contributed by atoms with van der Waals surface area (Å²) in [5.74, 6) is -0.409. The van der Waals surface area contributed by atoms with Crippen LogP contribution in [0.1, 0.15) is 31.8 Å². The third-order valence-electron chi connectivity index (χ3n) is 7.10. The van der Waals surface area contributed by atoms with Crippen LogP contribution in [0.3, 0.4) is 0 Å². The number of allylic oxidation sites excluding steroid dienone is 2. The van der Waals surface area contributed by atoms with Gasteiger partial charge in [0.25, 0.3) is 0 Å². The molecule has 5 rings (SSSR count). The van der Waals surface area contributed by atoms with Crippen molar-refractivity contribution < 1.29 is 19.1 Å². The highest BCUT2D eigenvalue weighted by molar-refractivity contribution is 5.92. The molecule has 2 N–H and O–H groups in total. The zero-order valence-corrected chi connectivity index (χ0v) is 26.1. The second-order valence-corrected chi connectivity index (χ2v) is 10.3. The zero-order chi connectivity index (χ0) is 35.3. The highest BCUT2D eigenvalue weighted by Crippen LogP contribution is 2.28. The highest BCUT2D eigenvalue weighted by atomic mass is 16.5. The van der Waals surface area contributed by atoms with Gasteiger partial charge in [0.2, 0.25) is 0 Å². The first-order chi connectivity index (χ1) is 24.4. The van der Waals surface area contributed by atoms with Gasteiger partial charge in [0.1, 0.15) is 35.8 Å². The molecule has 0 aliphatic rings. The molecule has 0 amide bonds. The van der Waals surface area contributed by atoms with Crippen LogP contribution in [0.4, 0.5) is 11.4 Å². The number of rotatable bonds is 10. The summed E-state index contributed by atoms with van der Waals surface area (Å²) >= 11 is 0. The van der Waals surface area contributed by atoms with Crippen LogP contribution in [-0.2, 0) is 0 Å². The number of anilines is 2. The number of hydrogen-bond donors (Lipinski definition) is 2. The minimum Gasteiger partial charge on any atom is -0.423 e. The zero-order valence-electron chi connectivity index (χ0n) is 26.1. The number of nitriles is 4. The van der Waals surface area contributed by atoms with E-state index in [1.54, 1.807) is 133 Å².